The van der Waals surface area contributed by atoms with E-state index in [0.717, 1.165) is 10.9 Å². The van der Waals surface area contributed by atoms with E-state index in [-0.39, 0.29) is 0 Å². The van der Waals surface area contributed by atoms with E-state index in [9.17, 15) is 0 Å². The Labute approximate surface area is 110 Å². The molecule has 0 saturated heterocycles. The monoisotopic (exact) mass is 254 g/mol. The average molecular weight is 254 g/mol. The summed E-state index contributed by atoms with van der Waals surface area (Å²) in [4.78, 5) is 7.62. The Morgan fingerprint density at radius 2 is 1.83 bits per heavy atom. The highest BCUT2D eigenvalue weighted by molar-refractivity contribution is 7.98. The van der Waals surface area contributed by atoms with Crippen molar-refractivity contribution < 1.29 is 0 Å². The Kier molecular flexibility index (Phi) is 2.84. The number of H-pyrrole nitrogens is 1. The van der Waals surface area contributed by atoms with Gasteiger partial charge in [-0.3, -0.25) is 0 Å². The van der Waals surface area contributed by atoms with Crippen LogP contribution in [0.25, 0.3) is 22.0 Å². The summed E-state index contributed by atoms with van der Waals surface area (Å²) in [5.41, 5.74) is 3.54. The summed E-state index contributed by atoms with van der Waals surface area (Å²) in [6.45, 7) is 2.12. The lowest BCUT2D eigenvalue weighted by Gasteiger charge is -2.02. The molecule has 0 unspecified atom stereocenters. The maximum Gasteiger partial charge on any atom is 0.165 e. The number of rotatable bonds is 2. The molecule has 0 bridgehead atoms. The van der Waals surface area contributed by atoms with Gasteiger partial charge in [-0.2, -0.15) is 0 Å². The minimum Gasteiger partial charge on any atom is -0.333 e. The second-order valence-electron chi connectivity index (χ2n) is 4.37. The molecule has 0 atom stereocenters. The van der Waals surface area contributed by atoms with Gasteiger partial charge in [0.1, 0.15) is 0 Å². The number of imidazole rings is 1. The smallest absolute Gasteiger partial charge is 0.165 e. The van der Waals surface area contributed by atoms with Crippen LogP contribution in [0.4, 0.5) is 0 Å². The molecule has 3 rings (SSSR count). The number of hydrogen-bond acceptors (Lipinski definition) is 2. The van der Waals surface area contributed by atoms with E-state index in [1.807, 2.05) is 12.5 Å². The number of nitrogens with zero attached hydrogens (tertiary/aromatic N) is 1. The van der Waals surface area contributed by atoms with Gasteiger partial charge >= 0.3 is 0 Å². The molecule has 1 aromatic heterocycles. The Morgan fingerprint density at radius 3 is 2.61 bits per heavy atom. The molecule has 3 aromatic rings. The predicted octanol–water partition coefficient (Wildman–Crippen LogP) is 4.26. The van der Waals surface area contributed by atoms with Crippen molar-refractivity contribution in [3.05, 3.63) is 48.2 Å². The van der Waals surface area contributed by atoms with Gasteiger partial charge in [0.05, 0.1) is 11.9 Å². The molecule has 1 N–H and O–H groups in total. The Morgan fingerprint density at radius 1 is 1.06 bits per heavy atom. The number of aromatic amines is 1. The van der Waals surface area contributed by atoms with Crippen LogP contribution < -0.4 is 0 Å². The summed E-state index contributed by atoms with van der Waals surface area (Å²) in [6, 6.07) is 13.0. The Bertz CT molecular complexity index is 701. The molecule has 0 aliphatic carbocycles. The van der Waals surface area contributed by atoms with Crippen molar-refractivity contribution in [1.29, 1.82) is 0 Å². The highest BCUT2D eigenvalue weighted by Gasteiger charge is 2.03. The lowest BCUT2D eigenvalue weighted by atomic mass is 10.0. The van der Waals surface area contributed by atoms with Gasteiger partial charge in [-0.1, -0.05) is 47.7 Å². The Hall–Kier alpha value is -1.74. The first kappa shape index (κ1) is 11.4. The average Bonchev–Trinajstić information content (AvgIpc) is 2.87. The number of benzene rings is 2. The molecule has 2 aromatic carbocycles. The number of aryl methyl sites for hydroxylation is 1. The summed E-state index contributed by atoms with van der Waals surface area (Å²) in [5, 5.41) is 3.50. The van der Waals surface area contributed by atoms with Crippen LogP contribution in [0.1, 0.15) is 5.56 Å². The summed E-state index contributed by atoms with van der Waals surface area (Å²) in [6.07, 6.45) is 3.91. The van der Waals surface area contributed by atoms with Crippen LogP contribution in [-0.2, 0) is 0 Å². The van der Waals surface area contributed by atoms with Crippen LogP contribution in [0.2, 0.25) is 0 Å². The molecule has 90 valence electrons. The van der Waals surface area contributed by atoms with E-state index < -0.39 is 0 Å². The van der Waals surface area contributed by atoms with Gasteiger partial charge in [0.25, 0.3) is 0 Å². The topological polar surface area (TPSA) is 28.7 Å². The van der Waals surface area contributed by atoms with Crippen molar-refractivity contribution in [3.8, 4) is 11.3 Å². The van der Waals surface area contributed by atoms with Crippen molar-refractivity contribution >= 4 is 22.5 Å². The van der Waals surface area contributed by atoms with Crippen molar-refractivity contribution in [2.75, 3.05) is 6.26 Å². The van der Waals surface area contributed by atoms with Crippen LogP contribution >= 0.6 is 11.8 Å². The summed E-state index contributed by atoms with van der Waals surface area (Å²) in [7, 11) is 0. The van der Waals surface area contributed by atoms with Gasteiger partial charge in [-0.05, 0) is 30.0 Å². The molecule has 0 fully saturated rings. The highest BCUT2D eigenvalue weighted by atomic mass is 32.2. The molecule has 3 heteroatoms. The first-order valence-electron chi connectivity index (χ1n) is 5.86. The molecular weight excluding hydrogens is 240 g/mol. The second-order valence-corrected chi connectivity index (χ2v) is 5.17. The number of aromatic nitrogens is 2. The summed E-state index contributed by atoms with van der Waals surface area (Å²) >= 11 is 1.62. The first-order valence-corrected chi connectivity index (χ1v) is 7.08. The van der Waals surface area contributed by atoms with E-state index >= 15 is 0 Å². The summed E-state index contributed by atoms with van der Waals surface area (Å²) in [5.74, 6) is 0. The zero-order chi connectivity index (χ0) is 12.5. The normalized spacial score (nSPS) is 11.0. The standard InChI is InChI=1S/C15H14N2S/c1-10-3-4-12-8-13(6-5-11(12)7-10)14-9-16-15(17-14)18-2/h3-9H,1-2H3,(H,16,17). The van der Waals surface area contributed by atoms with Gasteiger partial charge in [-0.15, -0.1) is 0 Å². The van der Waals surface area contributed by atoms with Crippen LogP contribution in [-0.4, -0.2) is 16.2 Å². The molecule has 0 aliphatic rings. The fourth-order valence-corrected chi connectivity index (χ4v) is 2.46. The van der Waals surface area contributed by atoms with Crippen molar-refractivity contribution in [2.45, 2.75) is 12.1 Å². The first-order chi connectivity index (χ1) is 8.76. The van der Waals surface area contributed by atoms with Gasteiger partial charge < -0.3 is 4.98 Å². The zero-order valence-corrected chi connectivity index (χ0v) is 11.2. The molecule has 1 heterocycles. The number of hydrogen-bond donors (Lipinski definition) is 1. The van der Waals surface area contributed by atoms with Crippen molar-refractivity contribution in [3.63, 3.8) is 0 Å². The highest BCUT2D eigenvalue weighted by Crippen LogP contribution is 2.25. The maximum absolute atomic E-state index is 4.31. The lowest BCUT2D eigenvalue weighted by Crippen LogP contribution is -1.80. The van der Waals surface area contributed by atoms with E-state index in [0.29, 0.717) is 0 Å². The fraction of sp³-hybridized carbons (Fsp3) is 0.133. The van der Waals surface area contributed by atoms with Crippen LogP contribution in [0.3, 0.4) is 0 Å². The van der Waals surface area contributed by atoms with Crippen LogP contribution in [0, 0.1) is 6.92 Å². The third-order valence-electron chi connectivity index (χ3n) is 3.05. The van der Waals surface area contributed by atoms with Gasteiger partial charge in [0, 0.05) is 5.56 Å². The zero-order valence-electron chi connectivity index (χ0n) is 10.4. The van der Waals surface area contributed by atoms with Gasteiger partial charge in [0.2, 0.25) is 0 Å². The maximum atomic E-state index is 4.31. The fourth-order valence-electron chi connectivity index (χ4n) is 2.09. The van der Waals surface area contributed by atoms with E-state index in [2.05, 4.69) is 53.3 Å². The predicted molar refractivity (Wildman–Crippen MR) is 78.0 cm³/mol. The molecule has 0 spiro atoms. The van der Waals surface area contributed by atoms with Crippen molar-refractivity contribution in [2.24, 2.45) is 0 Å². The SMILES string of the molecule is CSc1ncc(-c2ccc3cc(C)ccc3c2)[nH]1. The van der Waals surface area contributed by atoms with Crippen LogP contribution in [0.5, 0.6) is 0 Å². The minimum absolute atomic E-state index is 0.953. The third-order valence-corrected chi connectivity index (χ3v) is 3.65. The summed E-state index contributed by atoms with van der Waals surface area (Å²) < 4.78 is 0. The van der Waals surface area contributed by atoms with E-state index in [1.54, 1.807) is 11.8 Å². The van der Waals surface area contributed by atoms with Crippen LogP contribution in [0.15, 0.2) is 47.8 Å². The minimum atomic E-state index is 0.953. The quantitative estimate of drug-likeness (QED) is 0.692. The number of thioether (sulfide) groups is 1. The molecular formula is C15H14N2S. The molecule has 18 heavy (non-hydrogen) atoms. The second kappa shape index (κ2) is 4.50. The largest absolute Gasteiger partial charge is 0.333 e. The number of nitrogens with one attached hydrogen (secondary N) is 1. The van der Waals surface area contributed by atoms with E-state index in [1.165, 1.54) is 21.9 Å². The third kappa shape index (κ3) is 2.02. The molecule has 0 radical (unpaired) electrons. The molecule has 0 amide bonds. The van der Waals surface area contributed by atoms with Gasteiger partial charge in [0.15, 0.2) is 5.16 Å². The molecule has 0 aliphatic heterocycles. The molecule has 2 nitrogen and oxygen atoms in total. The van der Waals surface area contributed by atoms with Gasteiger partial charge in [-0.25, -0.2) is 4.98 Å². The van der Waals surface area contributed by atoms with Crippen molar-refractivity contribution in [1.82, 2.24) is 9.97 Å². The Balaban J connectivity index is 2.10. The van der Waals surface area contributed by atoms with E-state index in [4.69, 9.17) is 0 Å². The number of fused-ring (bicyclic) bond motifs is 1. The lowest BCUT2D eigenvalue weighted by molar-refractivity contribution is 1.07. The molecule has 0 saturated carbocycles.